The molecule has 28 heavy (non-hydrogen) atoms. The summed E-state index contributed by atoms with van der Waals surface area (Å²) in [6.45, 7) is 6.43. The van der Waals surface area contributed by atoms with Gasteiger partial charge >= 0.3 is 0 Å². The Kier molecular flexibility index (Phi) is 7.17. The lowest BCUT2D eigenvalue weighted by atomic mass is 9.82. The molecule has 0 unspecified atom stereocenters. The Bertz CT molecular complexity index is 783. The lowest BCUT2D eigenvalue weighted by Crippen LogP contribution is -2.46. The predicted octanol–water partition coefficient (Wildman–Crippen LogP) is 2.72. The highest BCUT2D eigenvalue weighted by Crippen LogP contribution is 2.44. The number of nitrogens with zero attached hydrogens (tertiary/aromatic N) is 2. The standard InChI is InChI=1S/C18H23N3O2S2.CH2O2/c1-2-21-6-4-18(5-7-21)14-9-16(25-15(14)3-8-23-18)17(22)19-10-13-11-24-12-20-13;2-1-3/h9,11-12H,2-8,10H2,1H3,(H,19,22);1H,(H,2,3). The molecule has 1 saturated heterocycles. The Balaban J connectivity index is 0.000000706. The van der Waals surface area contributed by atoms with Gasteiger partial charge in [-0.2, -0.15) is 0 Å². The molecule has 1 amide bonds. The average molecular weight is 424 g/mol. The van der Waals surface area contributed by atoms with Gasteiger partial charge in [0.25, 0.3) is 12.4 Å². The number of thiophene rings is 1. The van der Waals surface area contributed by atoms with Gasteiger partial charge in [0.1, 0.15) is 0 Å². The quantitative estimate of drug-likeness (QED) is 0.735. The number of ether oxygens (including phenoxy) is 1. The van der Waals surface area contributed by atoms with Gasteiger partial charge in [-0.05, 0) is 31.0 Å². The molecule has 2 N–H and O–H groups in total. The van der Waals surface area contributed by atoms with E-state index in [2.05, 4.69) is 28.2 Å². The van der Waals surface area contributed by atoms with E-state index in [4.69, 9.17) is 14.6 Å². The number of likely N-dealkylation sites (tertiary alicyclic amines) is 1. The molecule has 2 aromatic heterocycles. The Morgan fingerprint density at radius 1 is 1.46 bits per heavy atom. The third-order valence-electron chi connectivity index (χ3n) is 5.26. The first-order valence-corrected chi connectivity index (χ1v) is 11.1. The number of amides is 1. The largest absolute Gasteiger partial charge is 0.483 e. The molecule has 0 aromatic carbocycles. The highest BCUT2D eigenvalue weighted by Gasteiger charge is 2.42. The monoisotopic (exact) mass is 423 g/mol. The Morgan fingerprint density at radius 3 is 2.86 bits per heavy atom. The zero-order valence-electron chi connectivity index (χ0n) is 15.8. The van der Waals surface area contributed by atoms with Crippen LogP contribution in [0.2, 0.25) is 0 Å². The second-order valence-electron chi connectivity index (χ2n) is 6.74. The summed E-state index contributed by atoms with van der Waals surface area (Å²) in [4.78, 5) is 29.7. The van der Waals surface area contributed by atoms with Gasteiger partial charge in [-0.1, -0.05) is 6.92 Å². The number of aromatic nitrogens is 1. The average Bonchev–Trinajstić information content (AvgIpc) is 3.38. The number of carbonyl (C=O) groups is 2. The number of piperidine rings is 1. The molecule has 4 rings (SSSR count). The maximum Gasteiger partial charge on any atom is 0.290 e. The van der Waals surface area contributed by atoms with Crippen LogP contribution in [-0.4, -0.2) is 53.6 Å². The fourth-order valence-electron chi connectivity index (χ4n) is 3.76. The molecule has 2 aliphatic rings. The summed E-state index contributed by atoms with van der Waals surface area (Å²) in [5.41, 5.74) is 3.78. The van der Waals surface area contributed by atoms with Crippen LogP contribution in [0.25, 0.3) is 0 Å². The van der Waals surface area contributed by atoms with Crippen LogP contribution in [0.15, 0.2) is 17.0 Å². The first-order chi connectivity index (χ1) is 13.6. The molecule has 0 aliphatic carbocycles. The normalized spacial score (nSPS) is 18.0. The van der Waals surface area contributed by atoms with E-state index in [0.29, 0.717) is 6.54 Å². The third kappa shape index (κ3) is 4.60. The maximum absolute atomic E-state index is 12.6. The highest BCUT2D eigenvalue weighted by molar-refractivity contribution is 7.14. The molecule has 0 saturated carbocycles. The van der Waals surface area contributed by atoms with Gasteiger partial charge in [0.05, 0.1) is 34.8 Å². The van der Waals surface area contributed by atoms with E-state index >= 15 is 0 Å². The summed E-state index contributed by atoms with van der Waals surface area (Å²) in [5.74, 6) is -0.00598. The maximum atomic E-state index is 12.6. The second kappa shape index (κ2) is 9.60. The Hall–Kier alpha value is -1.81. The third-order valence-corrected chi connectivity index (χ3v) is 7.08. The van der Waals surface area contributed by atoms with Crippen LogP contribution in [0.3, 0.4) is 0 Å². The van der Waals surface area contributed by atoms with E-state index in [1.54, 1.807) is 28.2 Å². The first-order valence-electron chi connectivity index (χ1n) is 9.34. The topological polar surface area (TPSA) is 91.8 Å². The smallest absolute Gasteiger partial charge is 0.290 e. The van der Waals surface area contributed by atoms with Gasteiger partial charge in [-0.3, -0.25) is 9.59 Å². The minimum atomic E-state index is -0.250. The molecule has 0 bridgehead atoms. The van der Waals surface area contributed by atoms with E-state index in [1.807, 2.05) is 5.38 Å². The van der Waals surface area contributed by atoms with Crippen molar-refractivity contribution in [2.24, 2.45) is 0 Å². The number of carbonyl (C=O) groups excluding carboxylic acids is 1. The van der Waals surface area contributed by atoms with Crippen LogP contribution in [0.4, 0.5) is 0 Å². The SMILES string of the molecule is CCN1CCC2(CC1)OCCc1sc(C(=O)NCc3cscn3)cc12.O=CO. The zero-order valence-corrected chi connectivity index (χ0v) is 17.5. The number of rotatable bonds is 4. The lowest BCUT2D eigenvalue weighted by Gasteiger charge is -2.43. The summed E-state index contributed by atoms with van der Waals surface area (Å²) in [6.07, 6.45) is 2.95. The van der Waals surface area contributed by atoms with Gasteiger partial charge in [-0.15, -0.1) is 22.7 Å². The molecule has 1 spiro atoms. The predicted molar refractivity (Wildman–Crippen MR) is 109 cm³/mol. The molecular weight excluding hydrogens is 398 g/mol. The van der Waals surface area contributed by atoms with Gasteiger partial charge < -0.3 is 20.1 Å². The number of carboxylic acid groups (broad SMARTS) is 1. The first kappa shape index (κ1) is 20.9. The van der Waals surface area contributed by atoms with E-state index < -0.39 is 0 Å². The number of nitrogens with one attached hydrogen (secondary N) is 1. The molecule has 4 heterocycles. The van der Waals surface area contributed by atoms with Crippen molar-refractivity contribution >= 4 is 35.1 Å². The van der Waals surface area contributed by atoms with E-state index in [-0.39, 0.29) is 18.0 Å². The molecule has 2 aliphatic heterocycles. The van der Waals surface area contributed by atoms with Crippen molar-refractivity contribution in [2.45, 2.75) is 38.3 Å². The molecular formula is C19H25N3O4S2. The van der Waals surface area contributed by atoms with Crippen molar-refractivity contribution in [3.05, 3.63) is 38.0 Å². The molecule has 7 nitrogen and oxygen atoms in total. The molecule has 0 atom stereocenters. The minimum absolute atomic E-state index is 0.00598. The van der Waals surface area contributed by atoms with Crippen molar-refractivity contribution in [1.29, 1.82) is 0 Å². The number of hydrogen-bond donors (Lipinski definition) is 2. The van der Waals surface area contributed by atoms with E-state index in [0.717, 1.165) is 56.1 Å². The molecule has 1 fully saturated rings. The van der Waals surface area contributed by atoms with Crippen molar-refractivity contribution in [1.82, 2.24) is 15.2 Å². The summed E-state index contributed by atoms with van der Waals surface area (Å²) in [6, 6.07) is 2.08. The van der Waals surface area contributed by atoms with Crippen molar-refractivity contribution in [2.75, 3.05) is 26.2 Å². The summed E-state index contributed by atoms with van der Waals surface area (Å²) < 4.78 is 6.28. The summed E-state index contributed by atoms with van der Waals surface area (Å²) in [7, 11) is 0. The van der Waals surface area contributed by atoms with Crippen LogP contribution in [0.5, 0.6) is 0 Å². The van der Waals surface area contributed by atoms with Crippen molar-refractivity contribution in [3.8, 4) is 0 Å². The summed E-state index contributed by atoms with van der Waals surface area (Å²) >= 11 is 3.18. The number of thiazole rings is 1. The van der Waals surface area contributed by atoms with Crippen LogP contribution in [-0.2, 0) is 28.1 Å². The van der Waals surface area contributed by atoms with Crippen LogP contribution < -0.4 is 5.32 Å². The van der Waals surface area contributed by atoms with Gasteiger partial charge in [0.2, 0.25) is 0 Å². The molecule has 9 heteroatoms. The second-order valence-corrected chi connectivity index (χ2v) is 8.60. The van der Waals surface area contributed by atoms with E-state index in [9.17, 15) is 4.79 Å². The fraction of sp³-hybridized carbons (Fsp3) is 0.526. The minimum Gasteiger partial charge on any atom is -0.483 e. The highest BCUT2D eigenvalue weighted by atomic mass is 32.1. The van der Waals surface area contributed by atoms with Crippen LogP contribution in [0, 0.1) is 0 Å². The molecule has 0 radical (unpaired) electrons. The van der Waals surface area contributed by atoms with Crippen molar-refractivity contribution in [3.63, 3.8) is 0 Å². The molecule has 2 aromatic rings. The molecule has 152 valence electrons. The lowest BCUT2D eigenvalue weighted by molar-refractivity contribution is -0.122. The van der Waals surface area contributed by atoms with Gasteiger partial charge in [0.15, 0.2) is 0 Å². The van der Waals surface area contributed by atoms with Gasteiger partial charge in [-0.25, -0.2) is 4.98 Å². The zero-order chi connectivity index (χ0) is 20.0. The summed E-state index contributed by atoms with van der Waals surface area (Å²) in [5, 5.41) is 11.8. The van der Waals surface area contributed by atoms with E-state index in [1.165, 1.54) is 10.4 Å². The van der Waals surface area contributed by atoms with Crippen LogP contribution in [0.1, 0.15) is 45.6 Å². The Morgan fingerprint density at radius 2 is 2.21 bits per heavy atom. The Labute approximate surface area is 172 Å². The number of fused-ring (bicyclic) bond motifs is 2. The van der Waals surface area contributed by atoms with Crippen LogP contribution >= 0.6 is 22.7 Å². The van der Waals surface area contributed by atoms with Gasteiger partial charge in [0, 0.05) is 29.8 Å². The van der Waals surface area contributed by atoms with Crippen molar-refractivity contribution < 1.29 is 19.4 Å². The number of hydrogen-bond acceptors (Lipinski definition) is 7. The fourth-order valence-corrected chi connectivity index (χ4v) is 5.46.